The van der Waals surface area contributed by atoms with Crippen LogP contribution in [0.4, 0.5) is 68.2 Å². The largest absolute Gasteiger partial charge is 0.310 e. The number of aromatic nitrogens is 2. The van der Waals surface area contributed by atoms with Crippen molar-refractivity contribution < 1.29 is 0 Å². The van der Waals surface area contributed by atoms with Crippen LogP contribution in [0, 0.1) is 27.7 Å². The van der Waals surface area contributed by atoms with Crippen molar-refractivity contribution in [3.63, 3.8) is 0 Å². The van der Waals surface area contributed by atoms with E-state index in [1.807, 2.05) is 45.3 Å². The normalized spacial score (nSPS) is 13.5. The molecule has 26 rings (SSSR count). The summed E-state index contributed by atoms with van der Waals surface area (Å²) in [5.41, 5.74) is 41.9. The quantitative estimate of drug-likeness (QED) is 0.141. The predicted molar refractivity (Wildman–Crippen MR) is 599 cm³/mol. The highest BCUT2D eigenvalue weighted by Crippen LogP contribution is 2.56. The van der Waals surface area contributed by atoms with E-state index in [0.717, 1.165) is 11.4 Å². The molecule has 6 aromatic heterocycles. The number of benzene rings is 16. The summed E-state index contributed by atoms with van der Waals surface area (Å²) < 4.78 is 16.1. The number of fused-ring (bicyclic) bond motifs is 24. The molecular weight excluding hydrogens is 1720 g/mol. The van der Waals surface area contributed by atoms with Crippen molar-refractivity contribution in [2.45, 2.75) is 159 Å². The third kappa shape index (κ3) is 12.7. The van der Waals surface area contributed by atoms with Crippen LogP contribution in [0.2, 0.25) is 0 Å². The highest BCUT2D eigenvalue weighted by molar-refractivity contribution is 7.28. The smallest absolute Gasteiger partial charge is 0.252 e. The monoisotopic (exact) mass is 1830 g/mol. The van der Waals surface area contributed by atoms with Gasteiger partial charge in [0.05, 0.1) is 52.2 Å². The van der Waals surface area contributed by atoms with Crippen molar-refractivity contribution in [1.82, 2.24) is 9.13 Å². The van der Waals surface area contributed by atoms with Crippen LogP contribution in [0.3, 0.4) is 0 Å². The summed E-state index contributed by atoms with van der Waals surface area (Å²) in [5.74, 6) is 0. The summed E-state index contributed by atoms with van der Waals surface area (Å²) in [6.45, 7) is 44.4. The van der Waals surface area contributed by atoms with Crippen molar-refractivity contribution in [2.75, 3.05) is 19.6 Å². The lowest BCUT2D eigenvalue weighted by atomic mass is 9.33. The first-order valence-electron chi connectivity index (χ1n) is 48.3. The van der Waals surface area contributed by atoms with Crippen molar-refractivity contribution in [3.05, 3.63) is 359 Å². The van der Waals surface area contributed by atoms with Gasteiger partial charge in [-0.05, 0) is 259 Å². The molecule has 0 bridgehead atoms. The van der Waals surface area contributed by atoms with E-state index >= 15 is 0 Å². The van der Waals surface area contributed by atoms with Crippen LogP contribution in [-0.4, -0.2) is 22.6 Å². The second-order valence-corrected chi connectivity index (χ2v) is 48.0. The van der Waals surface area contributed by atoms with Crippen molar-refractivity contribution in [1.29, 1.82) is 0 Å². The van der Waals surface area contributed by atoms with E-state index < -0.39 is 0 Å². The number of nitrogens with zero attached hydrogens (tertiary/aromatic N) is 6. The fraction of sp³-hybridized carbons (Fsp3) is 0.194. The first-order valence-corrected chi connectivity index (χ1v) is 51.5. The minimum atomic E-state index is -0.132. The third-order valence-electron chi connectivity index (χ3n) is 30.0. The lowest BCUT2D eigenvalue weighted by molar-refractivity contribution is 0.590. The number of hydrogen-bond donors (Lipinski definition) is 0. The SMILES string of the molecule is Cc1ccccc1N(c1ccc2c(c1)N(c1cccc3c1sc1cc(C(C)(C)C)ccc13)c1cc(C(C)(C)C)cc3c1B2c1cc(C(C)(C)C)cc2c4sc5ccccc5c4n-3c12)c1ccccc1C.Cc1ccccc1N(c1ccc2c(c1)N(c1cccc3c1sc1ccccc13)c1cc(C(C)(C)C)cc3c1B2c1cc(C(C)(C)C)cc2c4sc5ccccc5c4n-3c12)c1ccccc1C. The van der Waals surface area contributed by atoms with Crippen LogP contribution >= 0.6 is 45.3 Å². The molecule has 0 saturated heterocycles. The second kappa shape index (κ2) is 30.2. The average Bonchev–Trinajstić information content (AvgIpc) is 1.46. The molecule has 4 aliphatic rings. The fourth-order valence-corrected chi connectivity index (χ4v) is 27.7. The number of anilines is 12. The third-order valence-corrected chi connectivity index (χ3v) is 34.8. The number of para-hydroxylation sites is 4. The Labute approximate surface area is 814 Å². The molecule has 12 heteroatoms. The molecule has 0 spiro atoms. The Bertz CT molecular complexity index is 8800. The summed E-state index contributed by atoms with van der Waals surface area (Å²) in [5, 5.41) is 10.6. The first-order chi connectivity index (χ1) is 65.3. The van der Waals surface area contributed by atoms with Gasteiger partial charge in [-0.1, -0.05) is 292 Å². The van der Waals surface area contributed by atoms with Crippen LogP contribution in [-0.2, 0) is 27.1 Å². The molecule has 136 heavy (non-hydrogen) atoms. The van der Waals surface area contributed by atoms with Gasteiger partial charge in [0, 0.05) is 130 Å². The number of hydrogen-bond acceptors (Lipinski definition) is 8. The maximum absolute atomic E-state index is 2.69. The van der Waals surface area contributed by atoms with Crippen LogP contribution in [0.1, 0.15) is 154 Å². The highest BCUT2D eigenvalue weighted by Gasteiger charge is 2.48. The van der Waals surface area contributed by atoms with Crippen molar-refractivity contribution >= 4 is 263 Å². The molecule has 0 saturated carbocycles. The minimum Gasteiger partial charge on any atom is -0.310 e. The molecule has 664 valence electrons. The zero-order valence-corrected chi connectivity index (χ0v) is 84.2. The summed E-state index contributed by atoms with van der Waals surface area (Å²) in [7, 11) is 0. The Hall–Kier alpha value is -13.2. The van der Waals surface area contributed by atoms with Gasteiger partial charge in [0.1, 0.15) is 0 Å². The summed E-state index contributed by atoms with van der Waals surface area (Å²) in [6.07, 6.45) is 0. The zero-order chi connectivity index (χ0) is 93.3. The van der Waals surface area contributed by atoms with Crippen molar-refractivity contribution in [3.8, 4) is 11.4 Å². The maximum Gasteiger partial charge on any atom is 0.252 e. The average molecular weight is 1830 g/mol. The Kier molecular flexibility index (Phi) is 18.7. The Morgan fingerprint density at radius 3 is 0.934 bits per heavy atom. The Morgan fingerprint density at radius 2 is 0.544 bits per heavy atom. The van der Waals surface area contributed by atoms with Gasteiger partial charge in [-0.15, -0.1) is 45.3 Å². The Morgan fingerprint density at radius 1 is 0.221 bits per heavy atom. The molecule has 10 heterocycles. The van der Waals surface area contributed by atoms with Crippen LogP contribution in [0.15, 0.2) is 309 Å². The van der Waals surface area contributed by atoms with E-state index in [0.29, 0.717) is 0 Å². The molecule has 0 aliphatic carbocycles. The second-order valence-electron chi connectivity index (χ2n) is 43.8. The van der Waals surface area contributed by atoms with Gasteiger partial charge in [0.25, 0.3) is 13.4 Å². The summed E-state index contributed by atoms with van der Waals surface area (Å²) in [6, 6.07) is 119. The molecular formula is C124H108B2N6S4. The van der Waals surface area contributed by atoms with Gasteiger partial charge >= 0.3 is 0 Å². The van der Waals surface area contributed by atoms with Gasteiger partial charge in [-0.3, -0.25) is 0 Å². The van der Waals surface area contributed by atoms with Gasteiger partial charge in [0.2, 0.25) is 0 Å². The number of thiophene rings is 4. The zero-order valence-electron chi connectivity index (χ0n) is 80.9. The molecule has 0 atom stereocenters. The highest BCUT2D eigenvalue weighted by atomic mass is 32.1. The van der Waals surface area contributed by atoms with Gasteiger partial charge in [-0.25, -0.2) is 0 Å². The Balaban J connectivity index is 0.000000145. The number of aryl methyl sites for hydroxylation is 4. The van der Waals surface area contributed by atoms with Crippen LogP contribution < -0.4 is 52.4 Å². The molecule has 0 amide bonds. The van der Waals surface area contributed by atoms with E-state index in [-0.39, 0.29) is 40.5 Å². The maximum atomic E-state index is 2.69. The van der Waals surface area contributed by atoms with E-state index in [4.69, 9.17) is 0 Å². The summed E-state index contributed by atoms with van der Waals surface area (Å²) >= 11 is 7.76. The van der Waals surface area contributed by atoms with Gasteiger partial charge in [-0.2, -0.15) is 0 Å². The van der Waals surface area contributed by atoms with Crippen LogP contribution in [0.5, 0.6) is 0 Å². The van der Waals surface area contributed by atoms with E-state index in [1.165, 1.54) is 254 Å². The standard InChI is InChI=1S/C64H58BN3S2.C60H50BN3S2/c1-37-19-12-15-23-49(37)66(50-24-16-13-20-38(50)2)42-28-30-47-52(36-42)67(51-25-18-22-44-43-29-27-39(62(3,4)5)35-56(43)70-60(44)51)53-33-41(64(9,10)11)34-54-57(53)65(47)48-32-40(63(6,7)8)31-46-58(48)68(54)59-45-21-14-17-26-55(45)69-61(46)59;1-35-18-9-13-23-46(35)62(47-24-14-10-19-36(47)2)39-28-29-44-49(34-39)63(48-25-17-22-41-40-20-11-15-26-52(40)65-57(41)48)50-32-38(60(6,7)8)33-51-54(50)61(44)45-31-37(59(3,4)5)30-43-55(45)64(51)56-42-21-12-16-27-53(42)66-58(43)56/h12-36H,1-11H3;9-34H,1-8H3. The lowest BCUT2D eigenvalue weighted by Crippen LogP contribution is -2.60. The number of rotatable bonds is 8. The molecule has 6 nitrogen and oxygen atoms in total. The summed E-state index contributed by atoms with van der Waals surface area (Å²) in [4.78, 5) is 10.3. The molecule has 0 N–H and O–H groups in total. The van der Waals surface area contributed by atoms with E-state index in [9.17, 15) is 0 Å². The van der Waals surface area contributed by atoms with Crippen LogP contribution in [0.25, 0.3) is 114 Å². The van der Waals surface area contributed by atoms with Gasteiger partial charge < -0.3 is 28.7 Å². The topological polar surface area (TPSA) is 22.8 Å². The van der Waals surface area contributed by atoms with E-state index in [2.05, 4.69) is 470 Å². The molecule has 0 radical (unpaired) electrons. The lowest BCUT2D eigenvalue weighted by Gasteiger charge is -2.42. The first kappa shape index (κ1) is 84.5. The molecule has 4 aliphatic heterocycles. The fourth-order valence-electron chi connectivity index (χ4n) is 22.8. The molecule has 22 aromatic rings. The van der Waals surface area contributed by atoms with Gasteiger partial charge in [0.15, 0.2) is 0 Å². The predicted octanol–water partition coefficient (Wildman–Crippen LogP) is 32.6. The minimum absolute atomic E-state index is 0.00359. The molecule has 0 unspecified atom stereocenters. The van der Waals surface area contributed by atoms with Crippen molar-refractivity contribution in [2.24, 2.45) is 0 Å². The molecule has 0 fully saturated rings. The molecule has 16 aromatic carbocycles. The van der Waals surface area contributed by atoms with E-state index in [1.54, 1.807) is 0 Å².